The lowest BCUT2D eigenvalue weighted by molar-refractivity contribution is -0.139. The van der Waals surface area contributed by atoms with Gasteiger partial charge in [-0.25, -0.2) is 8.42 Å². The summed E-state index contributed by atoms with van der Waals surface area (Å²) in [5.41, 5.74) is 2.14. The van der Waals surface area contributed by atoms with Crippen LogP contribution in [0.3, 0.4) is 0 Å². The number of aryl methyl sites for hydroxylation is 1. The minimum Gasteiger partial charge on any atom is -0.495 e. The van der Waals surface area contributed by atoms with Crippen molar-refractivity contribution < 1.29 is 22.7 Å². The molecule has 2 amide bonds. The van der Waals surface area contributed by atoms with Crippen LogP contribution in [0, 0.1) is 6.92 Å². The van der Waals surface area contributed by atoms with Gasteiger partial charge in [0.2, 0.25) is 21.8 Å². The highest BCUT2D eigenvalue weighted by Gasteiger charge is 2.31. The van der Waals surface area contributed by atoms with Crippen molar-refractivity contribution in [3.05, 3.63) is 59.7 Å². The molecule has 0 aliphatic carbocycles. The Morgan fingerprint density at radius 3 is 2.44 bits per heavy atom. The maximum atomic E-state index is 13.5. The van der Waals surface area contributed by atoms with Gasteiger partial charge in [-0.15, -0.1) is 0 Å². The van der Waals surface area contributed by atoms with Gasteiger partial charge in [-0.3, -0.25) is 13.9 Å². The maximum absolute atomic E-state index is 13.5. The number of ether oxygens (including phenoxy) is 1. The van der Waals surface area contributed by atoms with Crippen LogP contribution >= 0.6 is 0 Å². The molecule has 2 rings (SSSR count). The van der Waals surface area contributed by atoms with E-state index in [1.807, 2.05) is 38.1 Å². The standard InChI is InChI=1S/C25H35N3O5S/c1-6-7-15-26-25(30)20(3)27(17-21-12-10-11-19(2)16-21)24(29)18-28(34(5,31)32)22-13-8-9-14-23(22)33-4/h8-14,16,20H,6-7,15,17-18H2,1-5H3,(H,26,30)/t20-/m1/s1. The number of carbonyl (C=O) groups excluding carboxylic acids is 2. The van der Waals surface area contributed by atoms with Crippen LogP contribution < -0.4 is 14.4 Å². The Balaban J connectivity index is 2.38. The molecule has 34 heavy (non-hydrogen) atoms. The summed E-state index contributed by atoms with van der Waals surface area (Å²) >= 11 is 0. The number of anilines is 1. The first-order valence-corrected chi connectivity index (χ1v) is 13.2. The zero-order valence-corrected chi connectivity index (χ0v) is 21.4. The predicted molar refractivity (Wildman–Crippen MR) is 134 cm³/mol. The number of unbranched alkanes of at least 4 members (excludes halogenated alkanes) is 1. The smallest absolute Gasteiger partial charge is 0.244 e. The summed E-state index contributed by atoms with van der Waals surface area (Å²) in [7, 11) is -2.38. The van der Waals surface area contributed by atoms with Crippen molar-refractivity contribution in [3.63, 3.8) is 0 Å². The lowest BCUT2D eigenvalue weighted by Crippen LogP contribution is -2.51. The second kappa shape index (κ2) is 12.4. The van der Waals surface area contributed by atoms with Gasteiger partial charge in [0.1, 0.15) is 18.3 Å². The van der Waals surface area contributed by atoms with Crippen LogP contribution in [0.4, 0.5) is 5.69 Å². The van der Waals surface area contributed by atoms with Crippen molar-refractivity contribution in [3.8, 4) is 5.75 Å². The van der Waals surface area contributed by atoms with Gasteiger partial charge in [-0.1, -0.05) is 55.3 Å². The molecule has 0 radical (unpaired) electrons. The number of hydrogen-bond acceptors (Lipinski definition) is 5. The van der Waals surface area contributed by atoms with Gasteiger partial charge in [0.25, 0.3) is 0 Å². The summed E-state index contributed by atoms with van der Waals surface area (Å²) in [4.78, 5) is 27.8. The van der Waals surface area contributed by atoms with Gasteiger partial charge in [-0.05, 0) is 38.0 Å². The van der Waals surface area contributed by atoms with Crippen molar-refractivity contribution >= 4 is 27.5 Å². The summed E-state index contributed by atoms with van der Waals surface area (Å²) in [6, 6.07) is 13.5. The molecular weight excluding hydrogens is 454 g/mol. The fourth-order valence-electron chi connectivity index (χ4n) is 3.56. The van der Waals surface area contributed by atoms with Crippen LogP contribution in [0.25, 0.3) is 0 Å². The van der Waals surface area contributed by atoms with Crippen LogP contribution in [0.2, 0.25) is 0 Å². The molecule has 9 heteroatoms. The third-order valence-electron chi connectivity index (χ3n) is 5.47. The molecule has 8 nitrogen and oxygen atoms in total. The Labute approximate surface area is 202 Å². The third kappa shape index (κ3) is 7.48. The van der Waals surface area contributed by atoms with Gasteiger partial charge >= 0.3 is 0 Å². The quantitative estimate of drug-likeness (QED) is 0.462. The molecule has 0 saturated carbocycles. The maximum Gasteiger partial charge on any atom is 0.244 e. The zero-order valence-electron chi connectivity index (χ0n) is 20.6. The van der Waals surface area contributed by atoms with Gasteiger partial charge in [0, 0.05) is 13.1 Å². The molecule has 2 aromatic carbocycles. The van der Waals surface area contributed by atoms with Crippen molar-refractivity contribution in [1.82, 2.24) is 10.2 Å². The number of nitrogens with one attached hydrogen (secondary N) is 1. The molecule has 0 aromatic heterocycles. The number of methoxy groups -OCH3 is 1. The van der Waals surface area contributed by atoms with E-state index in [4.69, 9.17) is 4.74 Å². The monoisotopic (exact) mass is 489 g/mol. The molecular formula is C25H35N3O5S. The SMILES string of the molecule is CCCCNC(=O)[C@@H](C)N(Cc1cccc(C)c1)C(=O)CN(c1ccccc1OC)S(C)(=O)=O. The molecule has 1 atom stereocenters. The van der Waals surface area contributed by atoms with E-state index < -0.39 is 28.5 Å². The highest BCUT2D eigenvalue weighted by atomic mass is 32.2. The summed E-state index contributed by atoms with van der Waals surface area (Å²) in [5, 5.41) is 2.86. The van der Waals surface area contributed by atoms with Crippen molar-refractivity contribution in [2.75, 3.05) is 30.8 Å². The molecule has 0 saturated heterocycles. The largest absolute Gasteiger partial charge is 0.495 e. The molecule has 2 aromatic rings. The van der Waals surface area contributed by atoms with Crippen LogP contribution in [0.15, 0.2) is 48.5 Å². The molecule has 0 aliphatic heterocycles. The first-order chi connectivity index (χ1) is 16.1. The number of carbonyl (C=O) groups is 2. The third-order valence-corrected chi connectivity index (χ3v) is 6.59. The summed E-state index contributed by atoms with van der Waals surface area (Å²) in [6.07, 6.45) is 2.81. The van der Waals surface area contributed by atoms with Crippen LogP contribution in [0.1, 0.15) is 37.8 Å². The van der Waals surface area contributed by atoms with Gasteiger partial charge in [0.15, 0.2) is 0 Å². The number of benzene rings is 2. The molecule has 0 fully saturated rings. The Morgan fingerprint density at radius 2 is 1.82 bits per heavy atom. The Kier molecular flexibility index (Phi) is 9.92. The van der Waals surface area contributed by atoms with Crippen molar-refractivity contribution in [2.45, 2.75) is 46.2 Å². The Bertz CT molecular complexity index is 1090. The van der Waals surface area contributed by atoms with E-state index in [1.54, 1.807) is 31.2 Å². The van der Waals surface area contributed by atoms with E-state index >= 15 is 0 Å². The molecule has 0 aliphatic rings. The molecule has 0 spiro atoms. The summed E-state index contributed by atoms with van der Waals surface area (Å²) < 4.78 is 31.6. The van der Waals surface area contributed by atoms with E-state index in [2.05, 4.69) is 5.32 Å². The predicted octanol–water partition coefficient (Wildman–Crippen LogP) is 3.10. The zero-order chi connectivity index (χ0) is 25.3. The molecule has 0 unspecified atom stereocenters. The first kappa shape index (κ1) is 27.2. The van der Waals surface area contributed by atoms with Gasteiger partial charge in [-0.2, -0.15) is 0 Å². The second-order valence-electron chi connectivity index (χ2n) is 8.27. The number of sulfonamides is 1. The van der Waals surface area contributed by atoms with Gasteiger partial charge < -0.3 is 15.0 Å². The number of nitrogens with zero attached hydrogens (tertiary/aromatic N) is 2. The topological polar surface area (TPSA) is 96.0 Å². The molecule has 0 heterocycles. The van der Waals surface area contributed by atoms with E-state index in [-0.39, 0.29) is 18.1 Å². The van der Waals surface area contributed by atoms with Crippen LogP contribution in [-0.2, 0) is 26.2 Å². The lowest BCUT2D eigenvalue weighted by Gasteiger charge is -2.32. The van der Waals surface area contributed by atoms with E-state index in [9.17, 15) is 18.0 Å². The average Bonchev–Trinajstić information content (AvgIpc) is 2.79. The van der Waals surface area contributed by atoms with Crippen LogP contribution in [-0.4, -0.2) is 57.6 Å². The lowest BCUT2D eigenvalue weighted by atomic mass is 10.1. The Morgan fingerprint density at radius 1 is 1.12 bits per heavy atom. The van der Waals surface area contributed by atoms with E-state index in [1.165, 1.54) is 12.0 Å². The fourth-order valence-corrected chi connectivity index (χ4v) is 4.41. The summed E-state index contributed by atoms with van der Waals surface area (Å²) in [5.74, 6) is -0.440. The minimum absolute atomic E-state index is 0.173. The van der Waals surface area contributed by atoms with Crippen molar-refractivity contribution in [2.24, 2.45) is 0 Å². The normalized spacial score (nSPS) is 12.0. The highest BCUT2D eigenvalue weighted by molar-refractivity contribution is 7.92. The first-order valence-electron chi connectivity index (χ1n) is 11.3. The number of para-hydroxylation sites is 2. The molecule has 0 bridgehead atoms. The second-order valence-corrected chi connectivity index (χ2v) is 10.2. The van der Waals surface area contributed by atoms with E-state index in [0.29, 0.717) is 12.3 Å². The fraction of sp³-hybridized carbons (Fsp3) is 0.440. The molecule has 186 valence electrons. The van der Waals surface area contributed by atoms with E-state index in [0.717, 1.165) is 34.5 Å². The highest BCUT2D eigenvalue weighted by Crippen LogP contribution is 2.29. The van der Waals surface area contributed by atoms with Crippen LogP contribution in [0.5, 0.6) is 5.75 Å². The minimum atomic E-state index is -3.82. The number of hydrogen-bond donors (Lipinski definition) is 1. The molecule has 1 N–H and O–H groups in total. The Hall–Kier alpha value is -3.07. The van der Waals surface area contributed by atoms with Crippen molar-refractivity contribution in [1.29, 1.82) is 0 Å². The number of amides is 2. The number of rotatable bonds is 12. The van der Waals surface area contributed by atoms with Gasteiger partial charge in [0.05, 0.1) is 19.1 Å². The summed E-state index contributed by atoms with van der Waals surface area (Å²) in [6.45, 7) is 5.86. The average molecular weight is 490 g/mol.